The fourth-order valence-corrected chi connectivity index (χ4v) is 5.67. The number of aromatic nitrogens is 3. The molecule has 0 saturated heterocycles. The van der Waals surface area contributed by atoms with Crippen LogP contribution in [0, 0.1) is 0 Å². The molecule has 0 fully saturated rings. The minimum absolute atomic E-state index is 0.148. The molecule has 0 radical (unpaired) electrons. The lowest BCUT2D eigenvalue weighted by Crippen LogP contribution is -2.31. The highest BCUT2D eigenvalue weighted by Crippen LogP contribution is 2.34. The standard InChI is InChI=1S/C28H31N7O3S/c1-29-26(37)25-27(38-2)35-28(39-25)17-11-12-31-22(15-17)34-23(36)16-30-13-14-32-24-18-7-3-5-9-20(18)33-21-10-6-4-8-19(21)24/h3,5,7,9,11-12,15,30H,4,6,8,10,13-14,16H2,1-2H3,(H,29,37)(H,32,33)(H,31,34,36). The van der Waals surface area contributed by atoms with Crippen LogP contribution in [0.4, 0.5) is 11.5 Å². The second kappa shape index (κ2) is 12.2. The van der Waals surface area contributed by atoms with Gasteiger partial charge in [-0.3, -0.25) is 14.6 Å². The monoisotopic (exact) mass is 545 g/mol. The largest absolute Gasteiger partial charge is 0.480 e. The molecule has 0 unspecified atom stereocenters. The highest BCUT2D eigenvalue weighted by Gasteiger charge is 2.20. The number of methoxy groups -OCH3 is 1. The number of para-hydroxylation sites is 1. The van der Waals surface area contributed by atoms with Gasteiger partial charge in [0.2, 0.25) is 11.8 Å². The average molecular weight is 546 g/mol. The number of hydrogen-bond donors (Lipinski definition) is 4. The van der Waals surface area contributed by atoms with E-state index in [1.807, 2.05) is 12.1 Å². The number of thiazole rings is 1. The molecule has 39 heavy (non-hydrogen) atoms. The Kier molecular flexibility index (Phi) is 8.28. The summed E-state index contributed by atoms with van der Waals surface area (Å²) >= 11 is 1.21. The van der Waals surface area contributed by atoms with E-state index >= 15 is 0 Å². The molecule has 5 rings (SSSR count). The third kappa shape index (κ3) is 5.99. The van der Waals surface area contributed by atoms with E-state index in [-0.39, 0.29) is 24.2 Å². The highest BCUT2D eigenvalue weighted by atomic mass is 32.1. The summed E-state index contributed by atoms with van der Waals surface area (Å²) in [5, 5.41) is 13.9. The molecule has 10 nitrogen and oxygen atoms in total. The van der Waals surface area contributed by atoms with Gasteiger partial charge >= 0.3 is 0 Å². The summed E-state index contributed by atoms with van der Waals surface area (Å²) in [5.74, 6) is 0.197. The van der Waals surface area contributed by atoms with Gasteiger partial charge in [0.15, 0.2) is 4.88 Å². The smallest absolute Gasteiger partial charge is 0.266 e. The van der Waals surface area contributed by atoms with E-state index in [1.165, 1.54) is 48.2 Å². The van der Waals surface area contributed by atoms with Crippen molar-refractivity contribution < 1.29 is 14.3 Å². The Bertz CT molecular complexity index is 1500. The fourth-order valence-electron chi connectivity index (χ4n) is 4.70. The van der Waals surface area contributed by atoms with Crippen molar-refractivity contribution in [1.29, 1.82) is 0 Å². The third-order valence-corrected chi connectivity index (χ3v) is 7.64. The van der Waals surface area contributed by atoms with Crippen LogP contribution in [0.3, 0.4) is 0 Å². The first-order valence-corrected chi connectivity index (χ1v) is 13.8. The topological polar surface area (TPSA) is 130 Å². The summed E-state index contributed by atoms with van der Waals surface area (Å²) < 4.78 is 5.24. The maximum atomic E-state index is 12.6. The van der Waals surface area contributed by atoms with E-state index in [0.29, 0.717) is 28.8 Å². The molecule has 4 N–H and O–H groups in total. The first-order valence-electron chi connectivity index (χ1n) is 13.0. The number of carbonyl (C=O) groups is 2. The molecule has 1 aliphatic rings. The van der Waals surface area contributed by atoms with Crippen LogP contribution in [-0.2, 0) is 17.6 Å². The van der Waals surface area contributed by atoms with Gasteiger partial charge in [-0.05, 0) is 49.4 Å². The molecule has 4 aromatic rings. The predicted octanol–water partition coefficient (Wildman–Crippen LogP) is 3.64. The Labute approximate surface area is 230 Å². The zero-order valence-corrected chi connectivity index (χ0v) is 22.8. The van der Waals surface area contributed by atoms with Gasteiger partial charge in [-0.1, -0.05) is 18.2 Å². The van der Waals surface area contributed by atoms with Gasteiger partial charge in [-0.25, -0.2) is 9.97 Å². The molecule has 1 aliphatic carbocycles. The minimum Gasteiger partial charge on any atom is -0.480 e. The molecule has 3 heterocycles. The summed E-state index contributed by atoms with van der Waals surface area (Å²) in [6.07, 6.45) is 6.02. The van der Waals surface area contributed by atoms with Gasteiger partial charge in [-0.2, -0.15) is 0 Å². The zero-order chi connectivity index (χ0) is 27.2. The van der Waals surface area contributed by atoms with Crippen LogP contribution in [0.25, 0.3) is 21.5 Å². The predicted molar refractivity (Wildman–Crippen MR) is 154 cm³/mol. The van der Waals surface area contributed by atoms with Crippen LogP contribution in [-0.4, -0.2) is 60.6 Å². The number of hydrogen-bond acceptors (Lipinski definition) is 9. The number of carbonyl (C=O) groups excluding carboxylic acids is 2. The van der Waals surface area contributed by atoms with E-state index in [2.05, 4.69) is 43.4 Å². The summed E-state index contributed by atoms with van der Waals surface area (Å²) in [6, 6.07) is 11.7. The minimum atomic E-state index is -0.268. The van der Waals surface area contributed by atoms with Gasteiger partial charge < -0.3 is 26.0 Å². The lowest BCUT2D eigenvalue weighted by atomic mass is 9.92. The molecule has 0 bridgehead atoms. The number of pyridine rings is 2. The quantitative estimate of drug-likeness (QED) is 0.222. The number of fused-ring (bicyclic) bond motifs is 2. The molecule has 1 aromatic carbocycles. The van der Waals surface area contributed by atoms with Crippen molar-refractivity contribution in [3.05, 3.63) is 58.7 Å². The number of nitrogens with one attached hydrogen (secondary N) is 4. The number of nitrogens with zero attached hydrogens (tertiary/aromatic N) is 3. The molecule has 11 heteroatoms. The average Bonchev–Trinajstić information content (AvgIpc) is 3.41. The van der Waals surface area contributed by atoms with Crippen LogP contribution < -0.4 is 26.0 Å². The van der Waals surface area contributed by atoms with Crippen molar-refractivity contribution in [2.45, 2.75) is 25.7 Å². The number of amides is 2. The molecule has 3 aromatic heterocycles. The van der Waals surface area contributed by atoms with Crippen LogP contribution in [0.15, 0.2) is 42.6 Å². The van der Waals surface area contributed by atoms with Crippen LogP contribution >= 0.6 is 11.3 Å². The van der Waals surface area contributed by atoms with Crippen molar-refractivity contribution in [1.82, 2.24) is 25.6 Å². The molecular weight excluding hydrogens is 514 g/mol. The molecular formula is C28H31N7O3S. The maximum Gasteiger partial charge on any atom is 0.266 e. The number of rotatable bonds is 10. The SMILES string of the molecule is CNC(=O)c1sc(-c2ccnc(NC(=O)CNCCNc3c4c(nc5ccccc35)CCCC4)c2)nc1OC. The maximum absolute atomic E-state index is 12.6. The van der Waals surface area contributed by atoms with E-state index in [9.17, 15) is 9.59 Å². The Morgan fingerprint density at radius 3 is 2.77 bits per heavy atom. The van der Waals surface area contributed by atoms with Crippen molar-refractivity contribution in [2.24, 2.45) is 0 Å². The van der Waals surface area contributed by atoms with E-state index in [1.54, 1.807) is 25.4 Å². The van der Waals surface area contributed by atoms with Gasteiger partial charge in [-0.15, -0.1) is 11.3 Å². The summed E-state index contributed by atoms with van der Waals surface area (Å²) in [5.41, 5.74) is 5.43. The van der Waals surface area contributed by atoms with Crippen molar-refractivity contribution >= 4 is 45.6 Å². The van der Waals surface area contributed by atoms with Crippen molar-refractivity contribution in [2.75, 3.05) is 44.4 Å². The lowest BCUT2D eigenvalue weighted by Gasteiger charge is -2.21. The van der Waals surface area contributed by atoms with E-state index < -0.39 is 0 Å². The first-order chi connectivity index (χ1) is 19.1. The third-order valence-electron chi connectivity index (χ3n) is 6.56. The Balaban J connectivity index is 1.16. The van der Waals surface area contributed by atoms with E-state index in [4.69, 9.17) is 9.72 Å². The molecule has 0 atom stereocenters. The Morgan fingerprint density at radius 2 is 1.92 bits per heavy atom. The fraction of sp³-hybridized carbons (Fsp3) is 0.321. The van der Waals surface area contributed by atoms with Gasteiger partial charge in [0.1, 0.15) is 10.8 Å². The van der Waals surface area contributed by atoms with Crippen LogP contribution in [0.1, 0.15) is 33.8 Å². The molecule has 0 aliphatic heterocycles. The number of anilines is 2. The van der Waals surface area contributed by atoms with Gasteiger partial charge in [0, 0.05) is 48.7 Å². The Morgan fingerprint density at radius 1 is 1.08 bits per heavy atom. The van der Waals surface area contributed by atoms with Crippen molar-refractivity contribution in [3.8, 4) is 16.5 Å². The number of aryl methyl sites for hydroxylation is 1. The Hall–Kier alpha value is -4.09. The number of ether oxygens (including phenoxy) is 1. The van der Waals surface area contributed by atoms with Crippen LogP contribution in [0.2, 0.25) is 0 Å². The molecule has 2 amide bonds. The molecule has 202 valence electrons. The van der Waals surface area contributed by atoms with E-state index in [0.717, 1.165) is 29.3 Å². The molecule has 0 saturated carbocycles. The second-order valence-electron chi connectivity index (χ2n) is 9.15. The summed E-state index contributed by atoms with van der Waals surface area (Å²) in [7, 11) is 3.03. The van der Waals surface area contributed by atoms with Gasteiger partial charge in [0.25, 0.3) is 5.91 Å². The second-order valence-corrected chi connectivity index (χ2v) is 10.2. The van der Waals surface area contributed by atoms with Crippen LogP contribution in [0.5, 0.6) is 5.88 Å². The number of benzene rings is 1. The highest BCUT2D eigenvalue weighted by molar-refractivity contribution is 7.17. The zero-order valence-electron chi connectivity index (χ0n) is 22.0. The summed E-state index contributed by atoms with van der Waals surface area (Å²) in [6.45, 7) is 1.45. The first kappa shape index (κ1) is 26.5. The summed E-state index contributed by atoms with van der Waals surface area (Å²) in [4.78, 5) is 38.6. The van der Waals surface area contributed by atoms with Crippen molar-refractivity contribution in [3.63, 3.8) is 0 Å². The normalized spacial score (nSPS) is 12.6. The molecule has 0 spiro atoms. The lowest BCUT2D eigenvalue weighted by molar-refractivity contribution is -0.115. The van der Waals surface area contributed by atoms with Gasteiger partial charge in [0.05, 0.1) is 19.2 Å².